The second kappa shape index (κ2) is 12.7. The molecule has 7 heteroatoms. The van der Waals surface area contributed by atoms with Gasteiger partial charge >= 0.3 is 5.97 Å². The number of H-pyrrole nitrogens is 1. The van der Waals surface area contributed by atoms with Gasteiger partial charge in [-0.05, 0) is 119 Å². The highest BCUT2D eigenvalue weighted by Crippen LogP contribution is 2.40. The number of carbonyl (C=O) groups is 2. The number of esters is 1. The minimum absolute atomic E-state index is 0.0812. The van der Waals surface area contributed by atoms with Crippen LogP contribution in [0.1, 0.15) is 104 Å². The molecule has 46 heavy (non-hydrogen) atoms. The van der Waals surface area contributed by atoms with Gasteiger partial charge in [0.05, 0.1) is 41.2 Å². The lowest BCUT2D eigenvalue weighted by Gasteiger charge is -2.47. The van der Waals surface area contributed by atoms with Crippen molar-refractivity contribution in [2.45, 2.75) is 90.6 Å². The lowest BCUT2D eigenvalue weighted by Crippen LogP contribution is -2.55. The van der Waals surface area contributed by atoms with E-state index in [2.05, 4.69) is 67.2 Å². The predicted molar refractivity (Wildman–Crippen MR) is 184 cm³/mol. The molecule has 3 aliphatic rings. The van der Waals surface area contributed by atoms with Crippen molar-refractivity contribution in [2.75, 3.05) is 20.2 Å². The number of hydrogen-bond acceptors (Lipinski definition) is 5. The van der Waals surface area contributed by atoms with Gasteiger partial charge in [-0.2, -0.15) is 0 Å². The lowest BCUT2D eigenvalue weighted by molar-refractivity contribution is -0.144. The van der Waals surface area contributed by atoms with Gasteiger partial charge in [0.15, 0.2) is 0 Å². The number of aromatic nitrogens is 2. The first-order chi connectivity index (χ1) is 22.0. The molecule has 2 atom stereocenters. The summed E-state index contributed by atoms with van der Waals surface area (Å²) in [5.74, 6) is 0.648. The molecule has 1 amide bonds. The summed E-state index contributed by atoms with van der Waals surface area (Å²) >= 11 is 0. The fourth-order valence-electron chi connectivity index (χ4n) is 7.70. The average molecular weight is 621 g/mol. The molecule has 2 aliphatic heterocycles. The highest BCUT2D eigenvalue weighted by atomic mass is 16.5. The SMILES string of the molecule is COC(=O)c1ccc(C(C)NCC(C)c2c(-c3cc(C)cc(C)c3)[nH]c3cnc(C(C)(C)C(=O)N4CC5CCC4CC5)cc23)cc1. The summed E-state index contributed by atoms with van der Waals surface area (Å²) in [6.45, 7) is 14.4. The second-order valence-electron chi connectivity index (χ2n) is 14.3. The van der Waals surface area contributed by atoms with Crippen molar-refractivity contribution < 1.29 is 14.3 Å². The van der Waals surface area contributed by atoms with E-state index in [4.69, 9.17) is 9.72 Å². The quantitative estimate of drug-likeness (QED) is 0.187. The maximum Gasteiger partial charge on any atom is 0.337 e. The number of methoxy groups -OCH3 is 1. The zero-order chi connectivity index (χ0) is 32.7. The Morgan fingerprint density at radius 2 is 1.70 bits per heavy atom. The van der Waals surface area contributed by atoms with Crippen LogP contribution in [0.15, 0.2) is 54.7 Å². The Bertz CT molecular complexity index is 1730. The molecule has 7 rings (SSSR count). The van der Waals surface area contributed by atoms with Gasteiger partial charge in [0.1, 0.15) is 0 Å². The number of pyridine rings is 1. The molecule has 7 nitrogen and oxygen atoms in total. The van der Waals surface area contributed by atoms with Gasteiger partial charge in [-0.1, -0.05) is 36.2 Å². The average Bonchev–Trinajstić information content (AvgIpc) is 3.45. The summed E-state index contributed by atoms with van der Waals surface area (Å²) in [6, 6.07) is 16.9. The van der Waals surface area contributed by atoms with E-state index < -0.39 is 5.41 Å². The van der Waals surface area contributed by atoms with E-state index in [0.717, 1.165) is 59.3 Å². The molecule has 2 aromatic heterocycles. The van der Waals surface area contributed by atoms with Crippen molar-refractivity contribution in [1.82, 2.24) is 20.2 Å². The number of hydrogen-bond donors (Lipinski definition) is 2. The smallest absolute Gasteiger partial charge is 0.337 e. The van der Waals surface area contributed by atoms with Crippen LogP contribution in [-0.2, 0) is 14.9 Å². The number of nitrogens with one attached hydrogen (secondary N) is 2. The minimum Gasteiger partial charge on any atom is -0.465 e. The molecule has 0 spiro atoms. The van der Waals surface area contributed by atoms with Gasteiger partial charge in [0.2, 0.25) is 5.91 Å². The number of amides is 1. The Hall–Kier alpha value is -3.97. The Morgan fingerprint density at radius 3 is 2.30 bits per heavy atom. The molecule has 2 saturated heterocycles. The summed E-state index contributed by atoms with van der Waals surface area (Å²) in [6.07, 6.45) is 6.66. The fourth-order valence-corrected chi connectivity index (χ4v) is 7.70. The van der Waals surface area contributed by atoms with Crippen LogP contribution in [0.4, 0.5) is 0 Å². The topological polar surface area (TPSA) is 87.3 Å². The maximum atomic E-state index is 14.1. The molecule has 242 valence electrons. The molecule has 2 bridgehead atoms. The minimum atomic E-state index is -0.730. The summed E-state index contributed by atoms with van der Waals surface area (Å²) < 4.78 is 4.86. The molecule has 4 heterocycles. The van der Waals surface area contributed by atoms with Crippen LogP contribution < -0.4 is 5.32 Å². The van der Waals surface area contributed by atoms with Crippen LogP contribution in [0, 0.1) is 19.8 Å². The van der Waals surface area contributed by atoms with Gasteiger partial charge in [-0.25, -0.2) is 4.79 Å². The predicted octanol–water partition coefficient (Wildman–Crippen LogP) is 7.77. The first-order valence-corrected chi connectivity index (χ1v) is 16.8. The van der Waals surface area contributed by atoms with Gasteiger partial charge in [-0.3, -0.25) is 9.78 Å². The van der Waals surface area contributed by atoms with Crippen LogP contribution in [0.3, 0.4) is 0 Å². The zero-order valence-electron chi connectivity index (χ0n) is 28.4. The Kier molecular flexibility index (Phi) is 8.81. The molecule has 0 radical (unpaired) electrons. The number of piperidine rings is 2. The van der Waals surface area contributed by atoms with E-state index in [0.29, 0.717) is 17.5 Å². The van der Waals surface area contributed by atoms with Crippen molar-refractivity contribution in [2.24, 2.45) is 5.92 Å². The molecule has 2 N–H and O–H groups in total. The summed E-state index contributed by atoms with van der Waals surface area (Å²) in [5, 5.41) is 4.85. The monoisotopic (exact) mass is 620 g/mol. The van der Waals surface area contributed by atoms with Gasteiger partial charge < -0.3 is 19.9 Å². The number of aromatic amines is 1. The molecule has 1 saturated carbocycles. The van der Waals surface area contributed by atoms with E-state index in [1.165, 1.54) is 36.6 Å². The van der Waals surface area contributed by atoms with Crippen molar-refractivity contribution >= 4 is 22.8 Å². The van der Waals surface area contributed by atoms with E-state index in [9.17, 15) is 9.59 Å². The number of ether oxygens (including phenoxy) is 1. The lowest BCUT2D eigenvalue weighted by atomic mass is 9.77. The third kappa shape index (κ3) is 6.09. The fraction of sp³-hybridized carbons (Fsp3) is 0.462. The maximum absolute atomic E-state index is 14.1. The number of carbonyl (C=O) groups excluding carboxylic acids is 2. The standard InChI is InChI=1S/C39H48N4O3/c1-23-16-24(2)18-30(17-23)36-35(25(3)20-40-26(4)28-10-12-29(13-11-28)37(44)46-7)32-19-34(41-21-33(32)42-36)39(5,6)38(45)43-22-27-8-14-31(43)15-9-27/h10-13,16-19,21,25-27,31,40,42H,8-9,14-15,20,22H2,1-7H3. The highest BCUT2D eigenvalue weighted by molar-refractivity contribution is 5.94. The van der Waals surface area contributed by atoms with Gasteiger partial charge in [-0.15, -0.1) is 0 Å². The first kappa shape index (κ1) is 32.0. The molecule has 1 aliphatic carbocycles. The number of rotatable bonds is 9. The molecular formula is C39H48N4O3. The molecule has 2 aromatic carbocycles. The molecular weight excluding hydrogens is 572 g/mol. The Morgan fingerprint density at radius 1 is 1.02 bits per heavy atom. The highest BCUT2D eigenvalue weighted by Gasteiger charge is 2.43. The third-order valence-electron chi connectivity index (χ3n) is 10.4. The number of benzene rings is 2. The summed E-state index contributed by atoms with van der Waals surface area (Å²) in [7, 11) is 1.40. The van der Waals surface area contributed by atoms with Crippen molar-refractivity contribution in [3.8, 4) is 11.3 Å². The number of fused-ring (bicyclic) bond motifs is 4. The van der Waals surface area contributed by atoms with Crippen LogP contribution in [0.5, 0.6) is 0 Å². The summed E-state index contributed by atoms with van der Waals surface area (Å²) in [5.41, 5.74) is 8.63. The first-order valence-electron chi connectivity index (χ1n) is 16.8. The zero-order valence-corrected chi connectivity index (χ0v) is 28.4. The van der Waals surface area contributed by atoms with E-state index in [1.54, 1.807) is 0 Å². The van der Waals surface area contributed by atoms with Crippen molar-refractivity contribution in [1.29, 1.82) is 0 Å². The van der Waals surface area contributed by atoms with Crippen molar-refractivity contribution in [3.63, 3.8) is 0 Å². The normalized spacial score (nSPS) is 19.3. The van der Waals surface area contributed by atoms with Crippen LogP contribution in [0.25, 0.3) is 22.2 Å². The second-order valence-corrected chi connectivity index (χ2v) is 14.3. The number of aryl methyl sites for hydroxylation is 2. The van der Waals surface area contributed by atoms with Crippen LogP contribution in [-0.4, -0.2) is 53.0 Å². The van der Waals surface area contributed by atoms with Crippen molar-refractivity contribution in [3.05, 3.63) is 88.2 Å². The van der Waals surface area contributed by atoms with Crippen LogP contribution in [0.2, 0.25) is 0 Å². The van der Waals surface area contributed by atoms with Gasteiger partial charge in [0, 0.05) is 30.6 Å². The third-order valence-corrected chi connectivity index (χ3v) is 10.4. The van der Waals surface area contributed by atoms with Gasteiger partial charge in [0.25, 0.3) is 0 Å². The van der Waals surface area contributed by atoms with E-state index in [1.807, 2.05) is 44.3 Å². The van der Waals surface area contributed by atoms with Crippen LogP contribution >= 0.6 is 0 Å². The largest absolute Gasteiger partial charge is 0.465 e. The Labute approximate surface area is 273 Å². The molecule has 2 unspecified atom stereocenters. The van der Waals surface area contributed by atoms with E-state index >= 15 is 0 Å². The van der Waals surface area contributed by atoms with E-state index in [-0.39, 0.29) is 23.8 Å². The molecule has 3 fully saturated rings. The number of nitrogens with zero attached hydrogens (tertiary/aromatic N) is 2. The Balaban J connectivity index is 1.33. The summed E-state index contributed by atoms with van der Waals surface area (Å²) in [4.78, 5) is 36.8. The molecule has 4 aromatic rings.